The van der Waals surface area contributed by atoms with Gasteiger partial charge in [0.25, 0.3) is 0 Å². The lowest BCUT2D eigenvalue weighted by Gasteiger charge is -2.35. The second-order valence-electron chi connectivity index (χ2n) is 12.5. The molecular weight excluding hydrogens is 452 g/mol. The maximum atomic E-state index is 6.02. The van der Waals surface area contributed by atoms with E-state index in [1.807, 2.05) is 0 Å². The van der Waals surface area contributed by atoms with Crippen LogP contribution in [0.2, 0.25) is 0 Å². The molecule has 0 saturated carbocycles. The Morgan fingerprint density at radius 3 is 1.51 bits per heavy atom. The van der Waals surface area contributed by atoms with Crippen LogP contribution >= 0.6 is 0 Å². The maximum absolute atomic E-state index is 6.02. The van der Waals surface area contributed by atoms with Crippen LogP contribution in [-0.4, -0.2) is 10.2 Å². The molecule has 3 aromatic carbocycles. The molecule has 4 aromatic rings. The van der Waals surface area contributed by atoms with Gasteiger partial charge in [-0.15, -0.1) is 10.2 Å². The fraction of sp³-hybridized carbons (Fsp3) is 0.412. The van der Waals surface area contributed by atoms with Crippen LogP contribution in [0.15, 0.2) is 77.2 Å². The average Bonchev–Trinajstić information content (AvgIpc) is 3.37. The Bertz CT molecular complexity index is 1290. The van der Waals surface area contributed by atoms with Crippen molar-refractivity contribution >= 4 is 0 Å². The van der Waals surface area contributed by atoms with Crippen LogP contribution in [0.3, 0.4) is 0 Å². The third kappa shape index (κ3) is 6.21. The van der Waals surface area contributed by atoms with Crippen molar-refractivity contribution in [3.63, 3.8) is 0 Å². The Kier molecular flexibility index (Phi) is 7.73. The highest BCUT2D eigenvalue weighted by atomic mass is 16.4. The monoisotopic (exact) mass is 494 g/mol. The number of nitrogens with zero attached hydrogens (tertiary/aromatic N) is 2. The fourth-order valence-corrected chi connectivity index (χ4v) is 4.91. The van der Waals surface area contributed by atoms with Crippen molar-refractivity contribution in [3.8, 4) is 34.0 Å². The molecule has 0 bridgehead atoms. The predicted octanol–water partition coefficient (Wildman–Crippen LogP) is 9.93. The molecule has 0 spiro atoms. The molecule has 1 aromatic heterocycles. The largest absolute Gasteiger partial charge is 0.416 e. The van der Waals surface area contributed by atoms with E-state index in [2.05, 4.69) is 138 Å². The maximum Gasteiger partial charge on any atom is 0.248 e. The number of hydrogen-bond donors (Lipinski definition) is 0. The Morgan fingerprint density at radius 2 is 1.08 bits per heavy atom. The van der Waals surface area contributed by atoms with Crippen molar-refractivity contribution in [2.45, 2.75) is 79.6 Å². The summed E-state index contributed by atoms with van der Waals surface area (Å²) in [6, 6.07) is 25.9. The molecule has 0 amide bonds. The first-order chi connectivity index (χ1) is 17.5. The van der Waals surface area contributed by atoms with Crippen molar-refractivity contribution in [1.29, 1.82) is 0 Å². The summed E-state index contributed by atoms with van der Waals surface area (Å²) in [4.78, 5) is 0. The molecule has 3 heteroatoms. The van der Waals surface area contributed by atoms with Gasteiger partial charge in [0.15, 0.2) is 0 Å². The molecule has 0 N–H and O–H groups in total. The summed E-state index contributed by atoms with van der Waals surface area (Å²) in [5.41, 5.74) is 7.38. The Balaban J connectivity index is 1.51. The van der Waals surface area contributed by atoms with Gasteiger partial charge in [-0.05, 0) is 75.6 Å². The molecule has 1 heterocycles. The predicted molar refractivity (Wildman–Crippen MR) is 156 cm³/mol. The smallest absolute Gasteiger partial charge is 0.248 e. The average molecular weight is 495 g/mol. The molecule has 0 saturated heterocycles. The fourth-order valence-electron chi connectivity index (χ4n) is 4.91. The third-order valence-corrected chi connectivity index (χ3v) is 7.76. The van der Waals surface area contributed by atoms with Crippen molar-refractivity contribution in [2.24, 2.45) is 11.3 Å². The second-order valence-corrected chi connectivity index (χ2v) is 12.5. The summed E-state index contributed by atoms with van der Waals surface area (Å²) in [5.74, 6) is 2.32. The zero-order valence-electron chi connectivity index (χ0n) is 23.8. The van der Waals surface area contributed by atoms with E-state index in [0.717, 1.165) is 11.1 Å². The molecule has 0 radical (unpaired) electrons. The SMILES string of the molecule is CCC(C)(C)C(CC(C)C)c1ccc(-c2ccc(-c3nnc(-c4ccc(C(C)(C)C)cc4)o3)cc2)cc1. The van der Waals surface area contributed by atoms with Gasteiger partial charge >= 0.3 is 0 Å². The number of hydrogen-bond acceptors (Lipinski definition) is 3. The minimum absolute atomic E-state index is 0.114. The van der Waals surface area contributed by atoms with Crippen LogP contribution in [0.25, 0.3) is 34.0 Å². The molecule has 1 atom stereocenters. The zero-order chi connectivity index (χ0) is 26.8. The van der Waals surface area contributed by atoms with Gasteiger partial charge in [0.1, 0.15) is 0 Å². The lowest BCUT2D eigenvalue weighted by atomic mass is 9.70. The lowest BCUT2D eigenvalue weighted by molar-refractivity contribution is 0.242. The van der Waals surface area contributed by atoms with Gasteiger partial charge in [-0.1, -0.05) is 110 Å². The Labute approximate surface area is 223 Å². The van der Waals surface area contributed by atoms with Crippen LogP contribution in [-0.2, 0) is 5.41 Å². The zero-order valence-corrected chi connectivity index (χ0v) is 23.8. The van der Waals surface area contributed by atoms with E-state index in [1.165, 1.54) is 35.1 Å². The molecular formula is C34H42N2O. The van der Waals surface area contributed by atoms with E-state index >= 15 is 0 Å². The highest BCUT2D eigenvalue weighted by Crippen LogP contribution is 2.43. The minimum Gasteiger partial charge on any atom is -0.416 e. The van der Waals surface area contributed by atoms with Crippen LogP contribution < -0.4 is 0 Å². The van der Waals surface area contributed by atoms with Crippen LogP contribution in [0, 0.1) is 11.3 Å². The number of benzene rings is 3. The van der Waals surface area contributed by atoms with E-state index in [1.54, 1.807) is 0 Å². The van der Waals surface area contributed by atoms with Gasteiger partial charge in [-0.3, -0.25) is 0 Å². The highest BCUT2D eigenvalue weighted by Gasteiger charge is 2.29. The number of rotatable bonds is 8. The highest BCUT2D eigenvalue weighted by molar-refractivity contribution is 5.68. The van der Waals surface area contributed by atoms with E-state index < -0.39 is 0 Å². The summed E-state index contributed by atoms with van der Waals surface area (Å²) in [7, 11) is 0. The molecule has 0 aliphatic rings. The van der Waals surface area contributed by atoms with E-state index in [-0.39, 0.29) is 10.8 Å². The summed E-state index contributed by atoms with van der Waals surface area (Å²) in [5, 5.41) is 8.60. The molecule has 194 valence electrons. The van der Waals surface area contributed by atoms with Gasteiger partial charge in [-0.2, -0.15) is 0 Å². The molecule has 1 unspecified atom stereocenters. The summed E-state index contributed by atoms with van der Waals surface area (Å²) >= 11 is 0. The van der Waals surface area contributed by atoms with Gasteiger partial charge in [0.2, 0.25) is 11.8 Å². The molecule has 0 aliphatic heterocycles. The van der Waals surface area contributed by atoms with E-state index in [9.17, 15) is 0 Å². The summed E-state index contributed by atoms with van der Waals surface area (Å²) in [6.07, 6.45) is 2.38. The molecule has 0 fully saturated rings. The number of aromatic nitrogens is 2. The van der Waals surface area contributed by atoms with Gasteiger partial charge in [0.05, 0.1) is 0 Å². The van der Waals surface area contributed by atoms with E-state index in [0.29, 0.717) is 23.6 Å². The van der Waals surface area contributed by atoms with Crippen LogP contribution in [0.5, 0.6) is 0 Å². The quantitative estimate of drug-likeness (QED) is 0.245. The van der Waals surface area contributed by atoms with Gasteiger partial charge in [-0.25, -0.2) is 0 Å². The molecule has 3 nitrogen and oxygen atoms in total. The molecule has 0 aliphatic carbocycles. The first kappa shape index (κ1) is 26.9. The first-order valence-corrected chi connectivity index (χ1v) is 13.6. The van der Waals surface area contributed by atoms with Crippen LogP contribution in [0.4, 0.5) is 0 Å². The van der Waals surface area contributed by atoms with Crippen molar-refractivity contribution in [2.75, 3.05) is 0 Å². The minimum atomic E-state index is 0.114. The Hall–Kier alpha value is -3.20. The summed E-state index contributed by atoms with van der Waals surface area (Å²) < 4.78 is 6.02. The lowest BCUT2D eigenvalue weighted by Crippen LogP contribution is -2.23. The van der Waals surface area contributed by atoms with Gasteiger partial charge < -0.3 is 4.42 Å². The summed E-state index contributed by atoms with van der Waals surface area (Å²) in [6.45, 7) is 18.4. The van der Waals surface area contributed by atoms with Crippen molar-refractivity contribution in [1.82, 2.24) is 10.2 Å². The second kappa shape index (κ2) is 10.7. The van der Waals surface area contributed by atoms with Crippen molar-refractivity contribution in [3.05, 3.63) is 83.9 Å². The van der Waals surface area contributed by atoms with Crippen LogP contribution in [0.1, 0.15) is 85.3 Å². The first-order valence-electron chi connectivity index (χ1n) is 13.6. The van der Waals surface area contributed by atoms with Gasteiger partial charge in [0, 0.05) is 11.1 Å². The Morgan fingerprint density at radius 1 is 0.649 bits per heavy atom. The third-order valence-electron chi connectivity index (χ3n) is 7.76. The standard InChI is InChI=1S/C34H42N2O/c1-9-34(7,8)30(22-23(2)3)26-14-10-24(11-15-26)25-12-16-27(17-13-25)31-35-36-32(37-31)28-18-20-29(21-19-28)33(4,5)6/h10-21,23,30H,9,22H2,1-8H3. The van der Waals surface area contributed by atoms with E-state index in [4.69, 9.17) is 4.42 Å². The molecule has 37 heavy (non-hydrogen) atoms. The normalized spacial score (nSPS) is 13.2. The topological polar surface area (TPSA) is 38.9 Å². The van der Waals surface area contributed by atoms with Crippen molar-refractivity contribution < 1.29 is 4.42 Å². The molecule has 4 rings (SSSR count).